The lowest BCUT2D eigenvalue weighted by Gasteiger charge is -2.27. The van der Waals surface area contributed by atoms with Crippen molar-refractivity contribution < 1.29 is 28.5 Å². The molecule has 0 saturated carbocycles. The van der Waals surface area contributed by atoms with Crippen molar-refractivity contribution in [2.24, 2.45) is 0 Å². The molecule has 6 rings (SSSR count). The highest BCUT2D eigenvalue weighted by Crippen LogP contribution is 2.47. The first kappa shape index (κ1) is 29.5. The molecule has 0 saturated heterocycles. The molecule has 6 nitrogen and oxygen atoms in total. The van der Waals surface area contributed by atoms with Crippen LogP contribution in [0.1, 0.15) is 86.8 Å². The average molecular weight is 591 g/mol. The summed E-state index contributed by atoms with van der Waals surface area (Å²) in [5.41, 5.74) is 5.54. The number of para-hydroxylation sites is 1. The van der Waals surface area contributed by atoms with E-state index in [1.165, 1.54) is 5.56 Å². The molecule has 2 heterocycles. The van der Waals surface area contributed by atoms with Crippen LogP contribution in [0.4, 0.5) is 0 Å². The van der Waals surface area contributed by atoms with Crippen molar-refractivity contribution in [3.05, 3.63) is 118 Å². The van der Waals surface area contributed by atoms with Gasteiger partial charge in [0, 0.05) is 16.7 Å². The third-order valence-electron chi connectivity index (χ3n) is 8.26. The number of carbonyl (C=O) groups excluding carboxylic acids is 2. The summed E-state index contributed by atoms with van der Waals surface area (Å²) in [6, 6.07) is 26.9. The van der Waals surface area contributed by atoms with Gasteiger partial charge >= 0.3 is 11.9 Å². The van der Waals surface area contributed by atoms with Crippen LogP contribution in [0.3, 0.4) is 0 Å². The lowest BCUT2D eigenvalue weighted by Crippen LogP contribution is -2.17. The summed E-state index contributed by atoms with van der Waals surface area (Å²) in [5, 5.41) is 0. The summed E-state index contributed by atoms with van der Waals surface area (Å²) in [4.78, 5) is 25.6. The topological polar surface area (TPSA) is 71.1 Å². The SMILES string of the molecule is CC(C)(C)c1cc2c(c(C(C)(C)C)c1)OC(=O)C2c1ccc(OCCOc2ccc(C3C(=O)Oc4ccccc43)cc2)cc1. The molecule has 0 amide bonds. The third kappa shape index (κ3) is 5.69. The summed E-state index contributed by atoms with van der Waals surface area (Å²) in [6.45, 7) is 13.7. The number of hydrogen-bond donors (Lipinski definition) is 0. The molecule has 44 heavy (non-hydrogen) atoms. The molecule has 4 aromatic carbocycles. The molecule has 4 aromatic rings. The van der Waals surface area contributed by atoms with E-state index in [9.17, 15) is 9.59 Å². The van der Waals surface area contributed by atoms with Gasteiger partial charge in [0.2, 0.25) is 0 Å². The number of rotatable bonds is 7. The Bertz CT molecular complexity index is 1700. The molecule has 2 atom stereocenters. The van der Waals surface area contributed by atoms with Crippen LogP contribution in [-0.4, -0.2) is 25.2 Å². The van der Waals surface area contributed by atoms with Crippen molar-refractivity contribution >= 4 is 11.9 Å². The van der Waals surface area contributed by atoms with Gasteiger partial charge in [0.15, 0.2) is 0 Å². The third-order valence-corrected chi connectivity index (χ3v) is 8.26. The number of benzene rings is 4. The summed E-state index contributed by atoms with van der Waals surface area (Å²) < 4.78 is 23.1. The van der Waals surface area contributed by atoms with Crippen molar-refractivity contribution in [3.63, 3.8) is 0 Å². The minimum atomic E-state index is -0.478. The Kier molecular flexibility index (Phi) is 7.48. The molecule has 2 unspecified atom stereocenters. The van der Waals surface area contributed by atoms with Crippen LogP contribution >= 0.6 is 0 Å². The van der Waals surface area contributed by atoms with Crippen molar-refractivity contribution in [3.8, 4) is 23.0 Å². The van der Waals surface area contributed by atoms with Gasteiger partial charge in [-0.15, -0.1) is 0 Å². The second-order valence-electron chi connectivity index (χ2n) is 13.5. The largest absolute Gasteiger partial charge is 0.490 e. The highest BCUT2D eigenvalue weighted by atomic mass is 16.5. The second kappa shape index (κ2) is 11.2. The maximum absolute atomic E-state index is 13.2. The van der Waals surface area contributed by atoms with Gasteiger partial charge in [-0.3, -0.25) is 9.59 Å². The van der Waals surface area contributed by atoms with Crippen LogP contribution in [0.25, 0.3) is 0 Å². The molecular weight excluding hydrogens is 552 g/mol. The fourth-order valence-electron chi connectivity index (χ4n) is 5.83. The van der Waals surface area contributed by atoms with Gasteiger partial charge in [-0.05, 0) is 57.9 Å². The molecule has 0 N–H and O–H groups in total. The monoisotopic (exact) mass is 590 g/mol. The summed E-state index contributed by atoms with van der Waals surface area (Å²) in [6.07, 6.45) is 0. The van der Waals surface area contributed by atoms with Crippen LogP contribution in [0.2, 0.25) is 0 Å². The van der Waals surface area contributed by atoms with Gasteiger partial charge in [0.25, 0.3) is 0 Å². The maximum Gasteiger partial charge on any atom is 0.323 e. The molecule has 0 bridgehead atoms. The first-order valence-electron chi connectivity index (χ1n) is 15.1. The highest BCUT2D eigenvalue weighted by molar-refractivity contribution is 5.91. The first-order valence-corrected chi connectivity index (χ1v) is 15.1. The lowest BCUT2D eigenvalue weighted by molar-refractivity contribution is -0.134. The van der Waals surface area contributed by atoms with Crippen molar-refractivity contribution in [1.82, 2.24) is 0 Å². The summed E-state index contributed by atoms with van der Waals surface area (Å²) in [7, 11) is 0. The Balaban J connectivity index is 1.08. The summed E-state index contributed by atoms with van der Waals surface area (Å²) >= 11 is 0. The zero-order valence-electron chi connectivity index (χ0n) is 26.1. The molecule has 226 valence electrons. The predicted octanol–water partition coefficient (Wildman–Crippen LogP) is 7.84. The molecule has 0 fully saturated rings. The fourth-order valence-corrected chi connectivity index (χ4v) is 5.83. The Morgan fingerprint density at radius 3 is 1.68 bits per heavy atom. The van der Waals surface area contributed by atoms with Crippen LogP contribution in [-0.2, 0) is 20.4 Å². The second-order valence-corrected chi connectivity index (χ2v) is 13.5. The average Bonchev–Trinajstić information content (AvgIpc) is 3.49. The van der Waals surface area contributed by atoms with E-state index in [-0.39, 0.29) is 22.8 Å². The normalized spacial score (nSPS) is 17.5. The quantitative estimate of drug-likeness (QED) is 0.124. The van der Waals surface area contributed by atoms with Crippen LogP contribution in [0, 0.1) is 0 Å². The number of carbonyl (C=O) groups is 2. The zero-order chi connectivity index (χ0) is 31.2. The van der Waals surface area contributed by atoms with Crippen molar-refractivity contribution in [2.75, 3.05) is 13.2 Å². The Hall–Kier alpha value is -4.58. The molecule has 6 heteroatoms. The number of fused-ring (bicyclic) bond motifs is 2. The van der Waals surface area contributed by atoms with E-state index in [0.717, 1.165) is 27.8 Å². The van der Waals surface area contributed by atoms with Gasteiger partial charge < -0.3 is 18.9 Å². The highest BCUT2D eigenvalue weighted by Gasteiger charge is 2.39. The van der Waals surface area contributed by atoms with E-state index in [1.54, 1.807) is 0 Å². The predicted molar refractivity (Wildman–Crippen MR) is 169 cm³/mol. The lowest BCUT2D eigenvalue weighted by atomic mass is 9.77. The van der Waals surface area contributed by atoms with Crippen LogP contribution < -0.4 is 18.9 Å². The summed E-state index contributed by atoms with van der Waals surface area (Å²) in [5.74, 6) is 1.27. The van der Waals surface area contributed by atoms with Gasteiger partial charge in [-0.1, -0.05) is 96.1 Å². The molecule has 0 aliphatic carbocycles. The van der Waals surface area contributed by atoms with Crippen LogP contribution in [0.15, 0.2) is 84.9 Å². The Morgan fingerprint density at radius 2 is 1.14 bits per heavy atom. The molecular formula is C38H38O6. The van der Waals surface area contributed by atoms with Gasteiger partial charge in [0.1, 0.15) is 48.0 Å². The van der Waals surface area contributed by atoms with E-state index in [2.05, 4.69) is 53.7 Å². The van der Waals surface area contributed by atoms with Gasteiger partial charge in [-0.2, -0.15) is 0 Å². The van der Waals surface area contributed by atoms with Crippen molar-refractivity contribution in [2.45, 2.75) is 64.2 Å². The molecule has 0 spiro atoms. The van der Waals surface area contributed by atoms with Gasteiger partial charge in [-0.25, -0.2) is 0 Å². The number of hydrogen-bond acceptors (Lipinski definition) is 6. The number of esters is 2. The molecule has 2 aliphatic rings. The standard InChI is InChI=1S/C38H38O6/c1-37(2,3)25-21-29-33(36(40)44-34(29)30(22-25)38(4,5)6)24-13-17-27(18-14-24)42-20-19-41-26-15-11-23(12-16-26)32-28-9-7-8-10-31(28)43-35(32)39/h7-18,21-22,32-33H,19-20H2,1-6H3. The molecule has 0 aromatic heterocycles. The molecule has 0 radical (unpaired) electrons. The smallest absolute Gasteiger partial charge is 0.323 e. The van der Waals surface area contributed by atoms with E-state index >= 15 is 0 Å². The van der Waals surface area contributed by atoms with E-state index < -0.39 is 11.8 Å². The first-order chi connectivity index (χ1) is 20.9. The number of ether oxygens (including phenoxy) is 4. The minimum absolute atomic E-state index is 0.0662. The Morgan fingerprint density at radius 1 is 0.614 bits per heavy atom. The van der Waals surface area contributed by atoms with Crippen molar-refractivity contribution in [1.29, 1.82) is 0 Å². The zero-order valence-corrected chi connectivity index (χ0v) is 26.1. The Labute approximate surface area is 258 Å². The fraction of sp³-hybridized carbons (Fsp3) is 0.316. The minimum Gasteiger partial charge on any atom is -0.490 e. The van der Waals surface area contributed by atoms with E-state index in [4.69, 9.17) is 18.9 Å². The van der Waals surface area contributed by atoms with Gasteiger partial charge in [0.05, 0.1) is 0 Å². The van der Waals surface area contributed by atoms with E-state index in [0.29, 0.717) is 36.2 Å². The molecule has 2 aliphatic heterocycles. The van der Waals surface area contributed by atoms with Crippen LogP contribution in [0.5, 0.6) is 23.0 Å². The van der Waals surface area contributed by atoms with E-state index in [1.807, 2.05) is 72.8 Å². The maximum atomic E-state index is 13.2.